The summed E-state index contributed by atoms with van der Waals surface area (Å²) in [5, 5.41) is 0. The first-order chi connectivity index (χ1) is 8.72. The van der Waals surface area contributed by atoms with E-state index in [1.54, 1.807) is 0 Å². The number of esters is 1. The van der Waals surface area contributed by atoms with Gasteiger partial charge in [-0.3, -0.25) is 4.79 Å². The molecule has 3 aliphatic rings. The van der Waals surface area contributed by atoms with Gasteiger partial charge < -0.3 is 4.74 Å². The van der Waals surface area contributed by atoms with E-state index in [0.29, 0.717) is 30.1 Å². The Bertz CT molecular complexity index is 435. The highest BCUT2D eigenvalue weighted by atomic mass is 16.5. The lowest BCUT2D eigenvalue weighted by atomic mass is 9.40. The highest BCUT2D eigenvalue weighted by Gasteiger charge is 2.62. The lowest BCUT2D eigenvalue weighted by Gasteiger charge is -2.63. The average Bonchev–Trinajstić information content (AvgIpc) is 2.33. The van der Waals surface area contributed by atoms with Crippen molar-refractivity contribution >= 4 is 11.8 Å². The average molecular weight is 264 g/mol. The zero-order valence-corrected chi connectivity index (χ0v) is 12.4. The monoisotopic (exact) mass is 264 g/mol. The Morgan fingerprint density at radius 3 is 2.53 bits per heavy atom. The molecule has 0 spiro atoms. The van der Waals surface area contributed by atoms with Crippen molar-refractivity contribution in [1.82, 2.24) is 0 Å². The SMILES string of the molecule is C=C(CC[C@@]1(C)CC(=O)C2CC1C2(C)C)C(=O)OC. The molecule has 0 aromatic rings. The lowest BCUT2D eigenvalue weighted by Crippen LogP contribution is -2.61. The number of ether oxygens (including phenoxy) is 1. The summed E-state index contributed by atoms with van der Waals surface area (Å²) in [5.41, 5.74) is 0.638. The summed E-state index contributed by atoms with van der Waals surface area (Å²) >= 11 is 0. The van der Waals surface area contributed by atoms with E-state index in [-0.39, 0.29) is 22.7 Å². The topological polar surface area (TPSA) is 43.4 Å². The molecule has 3 nitrogen and oxygen atoms in total. The van der Waals surface area contributed by atoms with Crippen LogP contribution in [0.15, 0.2) is 12.2 Å². The number of Topliss-reactive ketones (excluding diaryl/α,β-unsaturated/α-hetero) is 1. The van der Waals surface area contributed by atoms with Gasteiger partial charge in [0.1, 0.15) is 5.78 Å². The number of ketones is 1. The summed E-state index contributed by atoms with van der Waals surface area (Å²) < 4.78 is 4.68. The van der Waals surface area contributed by atoms with Crippen LogP contribution in [-0.2, 0) is 14.3 Å². The van der Waals surface area contributed by atoms with E-state index in [4.69, 9.17) is 0 Å². The molecule has 0 aromatic heterocycles. The first-order valence-corrected chi connectivity index (χ1v) is 7.01. The Balaban J connectivity index is 2.05. The molecular formula is C16H24O3. The quantitative estimate of drug-likeness (QED) is 0.578. The fourth-order valence-corrected chi connectivity index (χ4v) is 4.24. The summed E-state index contributed by atoms with van der Waals surface area (Å²) in [6.45, 7) is 10.4. The van der Waals surface area contributed by atoms with Crippen molar-refractivity contribution in [2.75, 3.05) is 7.11 Å². The van der Waals surface area contributed by atoms with Crippen LogP contribution in [-0.4, -0.2) is 18.9 Å². The minimum absolute atomic E-state index is 0.00624. The number of hydrogen-bond acceptors (Lipinski definition) is 3. The summed E-state index contributed by atoms with van der Waals surface area (Å²) in [6.07, 6.45) is 3.13. The first-order valence-electron chi connectivity index (χ1n) is 7.01. The summed E-state index contributed by atoms with van der Waals surface area (Å²) in [7, 11) is 1.37. The molecule has 3 atom stereocenters. The minimum atomic E-state index is -0.337. The molecule has 0 aromatic carbocycles. The number of fused-ring (bicyclic) bond motifs is 2. The van der Waals surface area contributed by atoms with Gasteiger partial charge in [-0.2, -0.15) is 0 Å². The Morgan fingerprint density at radius 2 is 2.05 bits per heavy atom. The van der Waals surface area contributed by atoms with Crippen LogP contribution in [0, 0.1) is 22.7 Å². The number of hydrogen-bond donors (Lipinski definition) is 0. The molecule has 0 radical (unpaired) electrons. The molecule has 3 heteroatoms. The highest BCUT2D eigenvalue weighted by Crippen LogP contribution is 2.65. The fourth-order valence-electron chi connectivity index (χ4n) is 4.24. The van der Waals surface area contributed by atoms with Crippen molar-refractivity contribution in [3.8, 4) is 0 Å². The van der Waals surface area contributed by atoms with Crippen molar-refractivity contribution in [2.24, 2.45) is 22.7 Å². The number of rotatable bonds is 4. The van der Waals surface area contributed by atoms with Crippen LogP contribution < -0.4 is 0 Å². The smallest absolute Gasteiger partial charge is 0.333 e. The van der Waals surface area contributed by atoms with E-state index >= 15 is 0 Å². The van der Waals surface area contributed by atoms with Crippen molar-refractivity contribution in [1.29, 1.82) is 0 Å². The summed E-state index contributed by atoms with van der Waals surface area (Å²) in [6, 6.07) is 0. The van der Waals surface area contributed by atoms with Crippen LogP contribution in [0.25, 0.3) is 0 Å². The predicted octanol–water partition coefficient (Wildman–Crippen LogP) is 3.14. The molecule has 0 heterocycles. The van der Waals surface area contributed by atoms with Crippen LogP contribution in [0.2, 0.25) is 0 Å². The number of carbonyl (C=O) groups is 2. The minimum Gasteiger partial charge on any atom is -0.466 e. The molecule has 3 saturated carbocycles. The van der Waals surface area contributed by atoms with Gasteiger partial charge in [-0.1, -0.05) is 27.4 Å². The van der Waals surface area contributed by atoms with E-state index in [1.165, 1.54) is 7.11 Å². The van der Waals surface area contributed by atoms with E-state index in [0.717, 1.165) is 12.8 Å². The van der Waals surface area contributed by atoms with Crippen molar-refractivity contribution in [2.45, 2.75) is 46.5 Å². The maximum atomic E-state index is 12.2. The van der Waals surface area contributed by atoms with Crippen molar-refractivity contribution in [3.63, 3.8) is 0 Å². The van der Waals surface area contributed by atoms with Gasteiger partial charge in [0.2, 0.25) is 0 Å². The van der Waals surface area contributed by atoms with Gasteiger partial charge in [-0.15, -0.1) is 0 Å². The third-order valence-electron chi connectivity index (χ3n) is 5.55. The molecule has 2 bridgehead atoms. The van der Waals surface area contributed by atoms with Crippen LogP contribution in [0.5, 0.6) is 0 Å². The largest absolute Gasteiger partial charge is 0.466 e. The van der Waals surface area contributed by atoms with E-state index in [1.807, 2.05) is 0 Å². The van der Waals surface area contributed by atoms with Crippen molar-refractivity contribution in [3.05, 3.63) is 12.2 Å². The van der Waals surface area contributed by atoms with Gasteiger partial charge in [0.05, 0.1) is 7.11 Å². The molecule has 106 valence electrons. The second-order valence-electron chi connectivity index (χ2n) is 7.05. The van der Waals surface area contributed by atoms with Gasteiger partial charge in [0.15, 0.2) is 0 Å². The third kappa shape index (κ3) is 2.13. The maximum absolute atomic E-state index is 12.2. The van der Waals surface area contributed by atoms with Gasteiger partial charge in [0.25, 0.3) is 0 Å². The second kappa shape index (κ2) is 4.46. The predicted molar refractivity (Wildman–Crippen MR) is 73.5 cm³/mol. The van der Waals surface area contributed by atoms with Gasteiger partial charge >= 0.3 is 5.97 Å². The van der Waals surface area contributed by atoms with Crippen LogP contribution in [0.3, 0.4) is 0 Å². The van der Waals surface area contributed by atoms with E-state index in [2.05, 4.69) is 32.1 Å². The second-order valence-corrected chi connectivity index (χ2v) is 7.05. The molecule has 3 rings (SSSR count). The molecule has 19 heavy (non-hydrogen) atoms. The van der Waals surface area contributed by atoms with Gasteiger partial charge in [0, 0.05) is 17.9 Å². The molecular weight excluding hydrogens is 240 g/mol. The Hall–Kier alpha value is -1.12. The maximum Gasteiger partial charge on any atom is 0.333 e. The van der Waals surface area contributed by atoms with Crippen LogP contribution >= 0.6 is 0 Å². The van der Waals surface area contributed by atoms with Crippen molar-refractivity contribution < 1.29 is 14.3 Å². The molecule has 0 aliphatic heterocycles. The lowest BCUT2D eigenvalue weighted by molar-refractivity contribution is -0.174. The Morgan fingerprint density at radius 1 is 1.42 bits per heavy atom. The Labute approximate surface area is 115 Å². The first kappa shape index (κ1) is 14.3. The van der Waals surface area contributed by atoms with E-state index < -0.39 is 0 Å². The molecule has 0 amide bonds. The Kier molecular flexibility index (Phi) is 3.36. The van der Waals surface area contributed by atoms with Gasteiger partial charge in [-0.25, -0.2) is 4.79 Å². The fraction of sp³-hybridized carbons (Fsp3) is 0.750. The number of carbonyl (C=O) groups excluding carboxylic acids is 2. The summed E-state index contributed by atoms with van der Waals surface area (Å²) in [5.74, 6) is 0.901. The molecule has 0 N–H and O–H groups in total. The summed E-state index contributed by atoms with van der Waals surface area (Å²) in [4.78, 5) is 23.6. The van der Waals surface area contributed by atoms with E-state index in [9.17, 15) is 9.59 Å². The van der Waals surface area contributed by atoms with Crippen LogP contribution in [0.4, 0.5) is 0 Å². The zero-order chi connectivity index (χ0) is 14.4. The van der Waals surface area contributed by atoms with Gasteiger partial charge in [-0.05, 0) is 36.0 Å². The molecule has 0 saturated heterocycles. The molecule has 3 fully saturated rings. The third-order valence-corrected chi connectivity index (χ3v) is 5.55. The highest BCUT2D eigenvalue weighted by molar-refractivity contribution is 5.87. The number of methoxy groups -OCH3 is 1. The molecule has 3 aliphatic carbocycles. The normalized spacial score (nSPS) is 35.5. The van der Waals surface area contributed by atoms with Crippen LogP contribution in [0.1, 0.15) is 46.5 Å². The molecule has 2 unspecified atom stereocenters. The zero-order valence-electron chi connectivity index (χ0n) is 12.4. The standard InChI is InChI=1S/C16H24O3/c1-10(14(18)19-5)6-7-16(4)9-12(17)11-8-13(16)15(11,2)3/h11,13H,1,6-9H2,2-5H3/t11?,13?,16-/m0/s1.